The highest BCUT2D eigenvalue weighted by Gasteiger charge is 2.37. The van der Waals surface area contributed by atoms with Gasteiger partial charge in [0.05, 0.1) is 7.11 Å². The minimum Gasteiger partial charge on any atom is -0.467 e. The molecule has 0 amide bonds. The third-order valence-corrected chi connectivity index (χ3v) is 3.26. The number of esters is 1. The summed E-state index contributed by atoms with van der Waals surface area (Å²) in [6, 6.07) is 12.3. The lowest BCUT2D eigenvalue weighted by atomic mass is 9.91. The van der Waals surface area contributed by atoms with Crippen LogP contribution in [0.4, 0.5) is 14.5 Å². The van der Waals surface area contributed by atoms with Crippen LogP contribution in [0.2, 0.25) is 0 Å². The van der Waals surface area contributed by atoms with E-state index in [9.17, 15) is 13.6 Å². The quantitative estimate of drug-likeness (QED) is 0.877. The molecule has 0 bridgehead atoms. The van der Waals surface area contributed by atoms with Gasteiger partial charge in [-0.25, -0.2) is 13.6 Å². The Bertz CT molecular complexity index is 646. The average molecular weight is 291 g/mol. The maximum absolute atomic E-state index is 13.5. The monoisotopic (exact) mass is 291 g/mol. The van der Waals surface area contributed by atoms with E-state index in [0.717, 1.165) is 12.1 Å². The zero-order valence-corrected chi connectivity index (χ0v) is 11.7. The Balaban J connectivity index is 2.46. The molecule has 0 aliphatic rings. The number of carbonyl (C=O) groups excluding carboxylic acids is 1. The number of methoxy groups -OCH3 is 1. The van der Waals surface area contributed by atoms with Crippen LogP contribution in [0.15, 0.2) is 48.5 Å². The molecule has 0 saturated heterocycles. The number of hydrogen-bond acceptors (Lipinski definition) is 3. The lowest BCUT2D eigenvalue weighted by Crippen LogP contribution is -2.41. The van der Waals surface area contributed by atoms with Crippen molar-refractivity contribution in [1.29, 1.82) is 0 Å². The van der Waals surface area contributed by atoms with Crippen molar-refractivity contribution >= 4 is 11.7 Å². The van der Waals surface area contributed by atoms with Gasteiger partial charge in [-0.3, -0.25) is 0 Å². The highest BCUT2D eigenvalue weighted by atomic mass is 19.2. The summed E-state index contributed by atoms with van der Waals surface area (Å²) in [6.07, 6.45) is 0. The molecule has 1 N–H and O–H groups in total. The molecule has 0 aliphatic heterocycles. The van der Waals surface area contributed by atoms with Gasteiger partial charge in [0.15, 0.2) is 17.2 Å². The normalized spacial score (nSPS) is 13.3. The number of rotatable bonds is 4. The van der Waals surface area contributed by atoms with Crippen molar-refractivity contribution in [2.45, 2.75) is 12.5 Å². The molecule has 0 spiro atoms. The predicted octanol–water partition coefficient (Wildman–Crippen LogP) is 3.47. The van der Waals surface area contributed by atoms with Gasteiger partial charge in [0.2, 0.25) is 0 Å². The van der Waals surface area contributed by atoms with Gasteiger partial charge in [-0.15, -0.1) is 0 Å². The summed E-state index contributed by atoms with van der Waals surface area (Å²) in [7, 11) is 1.24. The van der Waals surface area contributed by atoms with Crippen LogP contribution in [0.1, 0.15) is 12.5 Å². The zero-order valence-electron chi connectivity index (χ0n) is 11.7. The number of nitrogens with one attached hydrogen (secondary N) is 1. The molecule has 0 saturated carbocycles. The van der Waals surface area contributed by atoms with Crippen molar-refractivity contribution in [3.63, 3.8) is 0 Å². The number of carbonyl (C=O) groups is 1. The van der Waals surface area contributed by atoms with Crippen LogP contribution < -0.4 is 5.32 Å². The molecule has 1 unspecified atom stereocenters. The van der Waals surface area contributed by atoms with Gasteiger partial charge in [-0.1, -0.05) is 24.3 Å². The number of para-hydroxylation sites is 1. The zero-order chi connectivity index (χ0) is 15.5. The standard InChI is InChI=1S/C16H15F2NO2/c1-16(15(20)21-2,19-12-6-4-3-5-7-12)11-8-9-13(17)14(18)10-11/h3-10,19H,1-2H3. The molecular formula is C16H15F2NO2. The average Bonchev–Trinajstić information content (AvgIpc) is 2.50. The number of anilines is 1. The van der Waals surface area contributed by atoms with E-state index in [-0.39, 0.29) is 5.56 Å². The molecule has 21 heavy (non-hydrogen) atoms. The second-order valence-electron chi connectivity index (χ2n) is 4.74. The van der Waals surface area contributed by atoms with E-state index in [0.29, 0.717) is 5.69 Å². The Morgan fingerprint density at radius 2 is 1.76 bits per heavy atom. The van der Waals surface area contributed by atoms with E-state index in [1.54, 1.807) is 31.2 Å². The Kier molecular flexibility index (Phi) is 4.21. The van der Waals surface area contributed by atoms with Gasteiger partial charge < -0.3 is 10.1 Å². The van der Waals surface area contributed by atoms with Crippen molar-refractivity contribution in [2.24, 2.45) is 0 Å². The molecule has 2 aromatic carbocycles. The first kappa shape index (κ1) is 15.0. The summed E-state index contributed by atoms with van der Waals surface area (Å²) in [6.45, 7) is 1.55. The first-order valence-electron chi connectivity index (χ1n) is 6.34. The Morgan fingerprint density at radius 3 is 2.33 bits per heavy atom. The summed E-state index contributed by atoms with van der Waals surface area (Å²) in [4.78, 5) is 12.1. The van der Waals surface area contributed by atoms with Crippen molar-refractivity contribution in [3.05, 3.63) is 65.7 Å². The maximum Gasteiger partial charge on any atom is 0.335 e. The van der Waals surface area contributed by atoms with Crippen molar-refractivity contribution in [1.82, 2.24) is 0 Å². The fourth-order valence-electron chi connectivity index (χ4n) is 2.06. The van der Waals surface area contributed by atoms with Gasteiger partial charge in [-0.2, -0.15) is 0 Å². The van der Waals surface area contributed by atoms with Gasteiger partial charge in [0.1, 0.15) is 0 Å². The smallest absolute Gasteiger partial charge is 0.335 e. The molecule has 1 atom stereocenters. The number of halogens is 2. The topological polar surface area (TPSA) is 38.3 Å². The first-order valence-corrected chi connectivity index (χ1v) is 6.34. The third kappa shape index (κ3) is 3.02. The van der Waals surface area contributed by atoms with E-state index < -0.39 is 23.1 Å². The van der Waals surface area contributed by atoms with Gasteiger partial charge >= 0.3 is 5.97 Å². The number of hydrogen-bond donors (Lipinski definition) is 1. The molecule has 0 aliphatic carbocycles. The molecule has 2 aromatic rings. The van der Waals surface area contributed by atoms with E-state index in [2.05, 4.69) is 5.32 Å². The van der Waals surface area contributed by atoms with E-state index in [4.69, 9.17) is 4.74 Å². The van der Waals surface area contributed by atoms with Crippen molar-refractivity contribution in [3.8, 4) is 0 Å². The first-order chi connectivity index (χ1) is 9.97. The molecule has 0 radical (unpaired) electrons. The maximum atomic E-state index is 13.5. The Hall–Kier alpha value is -2.43. The lowest BCUT2D eigenvalue weighted by Gasteiger charge is -2.29. The lowest BCUT2D eigenvalue weighted by molar-refractivity contribution is -0.145. The van der Waals surface area contributed by atoms with E-state index in [1.807, 2.05) is 6.07 Å². The molecule has 5 heteroatoms. The summed E-state index contributed by atoms with van der Waals surface area (Å²) in [5.41, 5.74) is -0.391. The Labute approximate surface area is 121 Å². The fourth-order valence-corrected chi connectivity index (χ4v) is 2.06. The van der Waals surface area contributed by atoms with Gasteiger partial charge in [0, 0.05) is 5.69 Å². The molecule has 2 rings (SSSR count). The molecule has 0 aromatic heterocycles. The van der Waals surface area contributed by atoms with E-state index in [1.165, 1.54) is 13.2 Å². The van der Waals surface area contributed by atoms with Crippen LogP contribution in [-0.2, 0) is 15.1 Å². The van der Waals surface area contributed by atoms with Crippen LogP contribution in [0, 0.1) is 11.6 Å². The van der Waals surface area contributed by atoms with Crippen LogP contribution in [0.25, 0.3) is 0 Å². The van der Waals surface area contributed by atoms with E-state index >= 15 is 0 Å². The minimum absolute atomic E-state index is 0.275. The highest BCUT2D eigenvalue weighted by Crippen LogP contribution is 2.28. The molecular weight excluding hydrogens is 276 g/mol. The van der Waals surface area contributed by atoms with Crippen LogP contribution in [0.5, 0.6) is 0 Å². The highest BCUT2D eigenvalue weighted by molar-refractivity contribution is 5.85. The molecule has 3 nitrogen and oxygen atoms in total. The number of ether oxygens (including phenoxy) is 1. The third-order valence-electron chi connectivity index (χ3n) is 3.26. The summed E-state index contributed by atoms with van der Waals surface area (Å²) in [5.74, 6) is -2.58. The summed E-state index contributed by atoms with van der Waals surface area (Å²) in [5, 5.41) is 3.01. The van der Waals surface area contributed by atoms with Crippen molar-refractivity contribution < 1.29 is 18.3 Å². The van der Waals surface area contributed by atoms with Gasteiger partial charge in [-0.05, 0) is 36.8 Å². The predicted molar refractivity (Wildman–Crippen MR) is 75.8 cm³/mol. The second kappa shape index (κ2) is 5.91. The second-order valence-corrected chi connectivity index (χ2v) is 4.74. The van der Waals surface area contributed by atoms with Crippen LogP contribution >= 0.6 is 0 Å². The fraction of sp³-hybridized carbons (Fsp3) is 0.188. The van der Waals surface area contributed by atoms with Crippen LogP contribution in [-0.4, -0.2) is 13.1 Å². The van der Waals surface area contributed by atoms with Crippen molar-refractivity contribution in [2.75, 3.05) is 12.4 Å². The number of benzene rings is 2. The molecule has 0 fully saturated rings. The summed E-state index contributed by atoms with van der Waals surface area (Å²) >= 11 is 0. The largest absolute Gasteiger partial charge is 0.467 e. The Morgan fingerprint density at radius 1 is 1.10 bits per heavy atom. The summed E-state index contributed by atoms with van der Waals surface area (Å²) < 4.78 is 31.3. The molecule has 0 heterocycles. The SMILES string of the molecule is COC(=O)C(C)(Nc1ccccc1)c1ccc(F)c(F)c1. The minimum atomic E-state index is -1.33. The van der Waals surface area contributed by atoms with Gasteiger partial charge in [0.25, 0.3) is 0 Å². The molecule has 110 valence electrons. The van der Waals surface area contributed by atoms with Crippen LogP contribution in [0.3, 0.4) is 0 Å².